The van der Waals surface area contributed by atoms with Crippen LogP contribution in [0.3, 0.4) is 0 Å². The molecule has 0 saturated carbocycles. The van der Waals surface area contributed by atoms with Crippen LogP contribution in [0.2, 0.25) is 0 Å². The lowest BCUT2D eigenvalue weighted by molar-refractivity contribution is -0.0705. The third-order valence-electron chi connectivity index (χ3n) is 12.8. The first-order valence-corrected chi connectivity index (χ1v) is 23.2. The predicted octanol–water partition coefficient (Wildman–Crippen LogP) is 5.19. The van der Waals surface area contributed by atoms with Gasteiger partial charge >= 0.3 is 11.4 Å². The lowest BCUT2D eigenvalue weighted by Gasteiger charge is -2.35. The second-order valence-corrected chi connectivity index (χ2v) is 18.5. The molecule has 0 spiro atoms. The molecule has 17 nitrogen and oxygen atoms in total. The van der Waals surface area contributed by atoms with Crippen molar-refractivity contribution in [3.8, 4) is 11.5 Å². The van der Waals surface area contributed by atoms with E-state index in [1.165, 1.54) is 45.3 Å². The number of thiophene rings is 1. The largest absolute Gasteiger partial charge is 0.497 e. The summed E-state index contributed by atoms with van der Waals surface area (Å²) in [5.74, 6) is 1.49. The molecule has 19 heteroatoms. The number of benzene rings is 2. The van der Waals surface area contributed by atoms with E-state index in [0.29, 0.717) is 40.7 Å². The molecule has 0 bridgehead atoms. The zero-order chi connectivity index (χ0) is 45.5. The summed E-state index contributed by atoms with van der Waals surface area (Å²) in [4.78, 5) is 46.9. The zero-order valence-corrected chi connectivity index (χ0v) is 38.2. The van der Waals surface area contributed by atoms with E-state index in [2.05, 4.69) is 49.9 Å². The number of hydrogen-bond donors (Lipinski definition) is 0. The third-order valence-corrected chi connectivity index (χ3v) is 14.0. The van der Waals surface area contributed by atoms with Crippen molar-refractivity contribution in [3.63, 3.8) is 0 Å². The highest BCUT2D eigenvalue weighted by Gasteiger charge is 2.28. The zero-order valence-electron chi connectivity index (χ0n) is 37.4. The molecular weight excluding hydrogens is 866 g/mol. The molecule has 0 amide bonds. The SMILES string of the molecule is COc1ccc(Cn2c(=O)n3ncnc3c3c4c(sc32)CN(CC2CCOCC2)CC4)c(F)c1.COc1ccc(Cn2c(=O)n3ncnc3c3cc(CN4C[C@@H](C)O[C@@H](C)C4)cnc32)cc1. The van der Waals surface area contributed by atoms with Crippen LogP contribution in [0, 0.1) is 11.7 Å². The van der Waals surface area contributed by atoms with Gasteiger partial charge in [-0.05, 0) is 80.0 Å². The van der Waals surface area contributed by atoms with Gasteiger partial charge in [0.25, 0.3) is 0 Å². The van der Waals surface area contributed by atoms with Gasteiger partial charge in [-0.2, -0.15) is 19.2 Å². The first-order valence-electron chi connectivity index (χ1n) is 22.3. The Kier molecular flexibility index (Phi) is 12.4. The highest BCUT2D eigenvalue weighted by atomic mass is 32.1. The van der Waals surface area contributed by atoms with Crippen molar-refractivity contribution >= 4 is 43.9 Å². The summed E-state index contributed by atoms with van der Waals surface area (Å²) in [5.41, 5.74) is 4.83. The van der Waals surface area contributed by atoms with Gasteiger partial charge in [-0.1, -0.05) is 18.2 Å². The maximum atomic E-state index is 14.8. The molecule has 0 unspecified atom stereocenters. The number of pyridine rings is 1. The van der Waals surface area contributed by atoms with Gasteiger partial charge < -0.3 is 18.9 Å². The molecule has 11 rings (SSSR count). The molecule has 9 heterocycles. The third kappa shape index (κ3) is 8.68. The van der Waals surface area contributed by atoms with Gasteiger partial charge in [0.15, 0.2) is 11.3 Å². The summed E-state index contributed by atoms with van der Waals surface area (Å²) in [6.45, 7) is 11.8. The van der Waals surface area contributed by atoms with Crippen LogP contribution in [-0.2, 0) is 42.1 Å². The number of hydrogen-bond acceptors (Lipinski definition) is 14. The fourth-order valence-electron chi connectivity index (χ4n) is 9.62. The lowest BCUT2D eigenvalue weighted by atomic mass is 9.98. The van der Waals surface area contributed by atoms with E-state index in [9.17, 15) is 14.0 Å². The predicted molar refractivity (Wildman–Crippen MR) is 247 cm³/mol. The molecule has 66 heavy (non-hydrogen) atoms. The van der Waals surface area contributed by atoms with E-state index in [-0.39, 0.29) is 30.1 Å². The monoisotopic (exact) mass is 917 g/mol. The number of methoxy groups -OCH3 is 2. The van der Waals surface area contributed by atoms with Gasteiger partial charge in [0.2, 0.25) is 0 Å². The molecule has 2 fully saturated rings. The van der Waals surface area contributed by atoms with E-state index in [0.717, 1.165) is 104 Å². The molecule has 344 valence electrons. The van der Waals surface area contributed by atoms with E-state index in [1.54, 1.807) is 39.7 Å². The fourth-order valence-corrected chi connectivity index (χ4v) is 11.0. The number of halogens is 1. The van der Waals surface area contributed by atoms with Crippen molar-refractivity contribution in [2.75, 3.05) is 53.6 Å². The van der Waals surface area contributed by atoms with Gasteiger partial charge in [-0.3, -0.25) is 18.9 Å². The van der Waals surface area contributed by atoms with Crippen molar-refractivity contribution < 1.29 is 23.3 Å². The summed E-state index contributed by atoms with van der Waals surface area (Å²) >= 11 is 1.63. The minimum Gasteiger partial charge on any atom is -0.497 e. The van der Waals surface area contributed by atoms with Crippen LogP contribution in [-0.4, -0.2) is 119 Å². The molecule has 0 radical (unpaired) electrons. The average Bonchev–Trinajstić information content (AvgIpc) is 4.10. The van der Waals surface area contributed by atoms with E-state index in [1.807, 2.05) is 30.5 Å². The number of morpholine rings is 1. The molecule has 6 aromatic heterocycles. The summed E-state index contributed by atoms with van der Waals surface area (Å²) in [6, 6.07) is 14.4. The minimum atomic E-state index is -0.401. The maximum absolute atomic E-state index is 14.8. The Morgan fingerprint density at radius 1 is 0.773 bits per heavy atom. The highest BCUT2D eigenvalue weighted by Crippen LogP contribution is 2.37. The number of ether oxygens (including phenoxy) is 4. The fraction of sp³-hybridized carbons (Fsp3) is 0.426. The van der Waals surface area contributed by atoms with E-state index >= 15 is 0 Å². The summed E-state index contributed by atoms with van der Waals surface area (Å²) in [5, 5.41) is 10.1. The second-order valence-electron chi connectivity index (χ2n) is 17.4. The molecular formula is C47H52FN11O6S. The van der Waals surface area contributed by atoms with Crippen LogP contribution in [0.4, 0.5) is 4.39 Å². The Balaban J connectivity index is 0.000000155. The maximum Gasteiger partial charge on any atom is 0.352 e. The van der Waals surface area contributed by atoms with Crippen molar-refractivity contribution in [3.05, 3.63) is 121 Å². The second kappa shape index (κ2) is 18.6. The summed E-state index contributed by atoms with van der Waals surface area (Å²) in [7, 11) is 3.13. The normalized spacial score (nSPS) is 18.5. The molecule has 0 aliphatic carbocycles. The Morgan fingerprint density at radius 3 is 2.20 bits per heavy atom. The summed E-state index contributed by atoms with van der Waals surface area (Å²) < 4.78 is 42.4. The van der Waals surface area contributed by atoms with Crippen LogP contribution in [0.15, 0.2) is 77.0 Å². The Bertz CT molecular complexity index is 3150. The molecule has 2 atom stereocenters. The number of fused-ring (bicyclic) bond motifs is 8. The highest BCUT2D eigenvalue weighted by molar-refractivity contribution is 7.19. The van der Waals surface area contributed by atoms with Gasteiger partial charge in [-0.15, -0.1) is 11.3 Å². The molecule has 2 aromatic carbocycles. The van der Waals surface area contributed by atoms with Gasteiger partial charge in [0.1, 0.15) is 40.4 Å². The van der Waals surface area contributed by atoms with Crippen LogP contribution < -0.4 is 20.9 Å². The molecule has 0 N–H and O–H groups in total. The van der Waals surface area contributed by atoms with Crippen molar-refractivity contribution in [1.82, 2.24) is 53.1 Å². The van der Waals surface area contributed by atoms with E-state index in [4.69, 9.17) is 23.9 Å². The molecule has 3 aliphatic rings. The average molecular weight is 918 g/mol. The first-order chi connectivity index (χ1) is 32.1. The minimum absolute atomic E-state index is 0.117. The Morgan fingerprint density at radius 2 is 1.47 bits per heavy atom. The Labute approximate surface area is 382 Å². The quantitative estimate of drug-likeness (QED) is 0.177. The van der Waals surface area contributed by atoms with Crippen LogP contribution in [0.25, 0.3) is 32.5 Å². The Hall–Kier alpha value is -6.12. The number of rotatable bonds is 10. The van der Waals surface area contributed by atoms with Crippen LogP contribution in [0.1, 0.15) is 53.8 Å². The lowest BCUT2D eigenvalue weighted by Crippen LogP contribution is -2.44. The van der Waals surface area contributed by atoms with Crippen LogP contribution >= 0.6 is 11.3 Å². The molecule has 2 saturated heterocycles. The number of aromatic nitrogens is 9. The van der Waals surface area contributed by atoms with Crippen LogP contribution in [0.5, 0.6) is 11.5 Å². The number of nitrogens with zero attached hydrogens (tertiary/aromatic N) is 11. The first kappa shape index (κ1) is 43.8. The molecule has 8 aromatic rings. The smallest absolute Gasteiger partial charge is 0.352 e. The van der Waals surface area contributed by atoms with Crippen molar-refractivity contribution in [1.29, 1.82) is 0 Å². The van der Waals surface area contributed by atoms with Crippen molar-refractivity contribution in [2.24, 2.45) is 5.92 Å². The van der Waals surface area contributed by atoms with Crippen molar-refractivity contribution in [2.45, 2.75) is 71.5 Å². The van der Waals surface area contributed by atoms with E-state index < -0.39 is 5.82 Å². The standard InChI is InChI=1S/C24H26FN5O3S.C23H26N6O3/c1-32-17-3-2-16(19(25)10-17)12-29-23-21(22-26-14-27-30(22)24(29)31)18-4-7-28(13-20(18)34-23)11-15-5-8-33-9-6-15;1-15-10-27(11-16(2)32-15)12-18-8-20-21(24-9-18)28(23(30)29-22(20)25-14-26-29)13-17-4-6-19(31-3)7-5-17/h2-3,10,14-15H,4-9,11-13H2,1H3;4-9,14-16H,10-13H2,1-3H3/t;15-,16+. The topological polar surface area (TPSA) is 161 Å². The summed E-state index contributed by atoms with van der Waals surface area (Å²) in [6.07, 6.45) is 8.20. The van der Waals surface area contributed by atoms with Gasteiger partial charge in [0, 0.05) is 75.2 Å². The van der Waals surface area contributed by atoms with Gasteiger partial charge in [-0.25, -0.2) is 28.9 Å². The molecule has 3 aliphatic heterocycles. The van der Waals surface area contributed by atoms with Gasteiger partial charge in [0.05, 0.1) is 50.3 Å².